The Morgan fingerprint density at radius 1 is 1.21 bits per heavy atom. The van der Waals surface area contributed by atoms with E-state index in [0.29, 0.717) is 53.1 Å². The minimum absolute atomic E-state index is 0.0213. The third-order valence-corrected chi connectivity index (χ3v) is 8.26. The van der Waals surface area contributed by atoms with Gasteiger partial charge in [0.1, 0.15) is 0 Å². The molecule has 1 atom stereocenters. The summed E-state index contributed by atoms with van der Waals surface area (Å²) in [7, 11) is 0. The van der Waals surface area contributed by atoms with Crippen LogP contribution in [0.4, 0.5) is 10.5 Å². The van der Waals surface area contributed by atoms with E-state index in [-0.39, 0.29) is 22.9 Å². The number of halogens is 2. The first-order valence-corrected chi connectivity index (χ1v) is 12.8. The predicted molar refractivity (Wildman–Crippen MR) is 136 cm³/mol. The van der Waals surface area contributed by atoms with Crippen LogP contribution in [0, 0.1) is 11.3 Å². The van der Waals surface area contributed by atoms with Crippen molar-refractivity contribution in [2.24, 2.45) is 0 Å². The Morgan fingerprint density at radius 2 is 2.00 bits per heavy atom. The Hall–Kier alpha value is -2.44. The fourth-order valence-electron chi connectivity index (χ4n) is 4.18. The van der Waals surface area contributed by atoms with Gasteiger partial charge in [0.05, 0.1) is 22.5 Å². The molecular weight excluding hydrogens is 493 g/mol. The number of nitrogens with one attached hydrogen (secondary N) is 3. The fourth-order valence-corrected chi connectivity index (χ4v) is 6.10. The lowest BCUT2D eigenvalue weighted by Crippen LogP contribution is -2.55. The van der Waals surface area contributed by atoms with Crippen LogP contribution in [0.3, 0.4) is 0 Å². The zero-order valence-corrected chi connectivity index (χ0v) is 20.8. The molecule has 0 radical (unpaired) electrons. The zero-order chi connectivity index (χ0) is 24.1. The van der Waals surface area contributed by atoms with E-state index < -0.39 is 0 Å². The van der Waals surface area contributed by atoms with Gasteiger partial charge in [-0.25, -0.2) is 4.79 Å². The maximum absolute atomic E-state index is 12.7. The Morgan fingerprint density at radius 3 is 2.74 bits per heavy atom. The number of rotatable bonds is 5. The van der Waals surface area contributed by atoms with Crippen molar-refractivity contribution in [1.29, 1.82) is 5.26 Å². The average Bonchev–Trinajstić information content (AvgIpc) is 3.24. The number of urea groups is 1. The Kier molecular flexibility index (Phi) is 7.89. The van der Waals surface area contributed by atoms with Gasteiger partial charge in [-0.1, -0.05) is 35.3 Å². The van der Waals surface area contributed by atoms with Crippen molar-refractivity contribution >= 4 is 52.6 Å². The number of carbonyl (C=O) groups is 2. The largest absolute Gasteiger partial charge is 0.354 e. The average molecular weight is 518 g/mol. The molecule has 1 spiro atoms. The lowest BCUT2D eigenvalue weighted by atomic mass is 10.0. The SMILES string of the molecule is N#Cc1cccc(NC(=O)N2CCC3(CC2)NC(C(=O)NCCc2ccc(Cl)cc2Cl)CS3)c1. The molecule has 0 bridgehead atoms. The van der Waals surface area contributed by atoms with Crippen LogP contribution < -0.4 is 16.0 Å². The number of piperidine rings is 1. The van der Waals surface area contributed by atoms with Gasteiger partial charge in [-0.3, -0.25) is 10.1 Å². The summed E-state index contributed by atoms with van der Waals surface area (Å²) in [6, 6.07) is 13.9. The number of nitriles is 1. The van der Waals surface area contributed by atoms with Gasteiger partial charge in [-0.05, 0) is 55.2 Å². The van der Waals surface area contributed by atoms with Crippen molar-refractivity contribution in [3.05, 3.63) is 63.6 Å². The summed E-state index contributed by atoms with van der Waals surface area (Å²) in [6.45, 7) is 1.68. The number of carbonyl (C=O) groups excluding carboxylic acids is 2. The van der Waals surface area contributed by atoms with Crippen LogP contribution in [0.25, 0.3) is 0 Å². The van der Waals surface area contributed by atoms with Crippen LogP contribution in [0.5, 0.6) is 0 Å². The third kappa shape index (κ3) is 5.97. The van der Waals surface area contributed by atoms with Crippen LogP contribution in [0.2, 0.25) is 10.0 Å². The molecule has 2 heterocycles. The minimum atomic E-state index is -0.264. The number of benzene rings is 2. The first-order valence-electron chi connectivity index (χ1n) is 11.1. The Bertz CT molecular complexity index is 1110. The van der Waals surface area contributed by atoms with Gasteiger partial charge in [-0.2, -0.15) is 5.26 Å². The first kappa shape index (κ1) is 24.7. The van der Waals surface area contributed by atoms with Gasteiger partial charge in [0.15, 0.2) is 0 Å². The molecule has 0 saturated carbocycles. The standard InChI is InChI=1S/C24H25Cl2N5O2S/c25-18-5-4-17(20(26)13-18)6-9-28-22(32)21-15-34-24(30-21)7-10-31(11-8-24)23(33)29-19-3-1-2-16(12-19)14-27/h1-5,12-13,21,30H,6-11,15H2,(H,28,32)(H,29,33). The van der Waals surface area contributed by atoms with Crippen LogP contribution in [0.1, 0.15) is 24.0 Å². The van der Waals surface area contributed by atoms with Crippen LogP contribution in [0.15, 0.2) is 42.5 Å². The summed E-state index contributed by atoms with van der Waals surface area (Å²) in [5.41, 5.74) is 2.05. The molecule has 178 valence electrons. The van der Waals surface area contributed by atoms with E-state index in [1.54, 1.807) is 53.1 Å². The molecule has 0 aromatic heterocycles. The van der Waals surface area contributed by atoms with Gasteiger partial charge in [0, 0.05) is 41.1 Å². The summed E-state index contributed by atoms with van der Waals surface area (Å²) in [5.74, 6) is 0.674. The molecule has 2 saturated heterocycles. The molecule has 2 fully saturated rings. The maximum atomic E-state index is 12.7. The van der Waals surface area contributed by atoms with Gasteiger partial charge in [-0.15, -0.1) is 11.8 Å². The smallest absolute Gasteiger partial charge is 0.321 e. The van der Waals surface area contributed by atoms with E-state index >= 15 is 0 Å². The summed E-state index contributed by atoms with van der Waals surface area (Å²) < 4.78 is 0. The number of nitrogens with zero attached hydrogens (tertiary/aromatic N) is 2. The normalized spacial score (nSPS) is 19.0. The molecule has 7 nitrogen and oxygen atoms in total. The van der Waals surface area contributed by atoms with Crippen molar-refractivity contribution < 1.29 is 9.59 Å². The molecule has 2 aromatic rings. The molecule has 0 aliphatic carbocycles. The monoisotopic (exact) mass is 517 g/mol. The van der Waals surface area contributed by atoms with Crippen LogP contribution >= 0.6 is 35.0 Å². The molecule has 3 N–H and O–H groups in total. The molecule has 34 heavy (non-hydrogen) atoms. The summed E-state index contributed by atoms with van der Waals surface area (Å²) in [4.78, 5) is 26.9. The lowest BCUT2D eigenvalue weighted by Gasteiger charge is -2.39. The number of thioether (sulfide) groups is 1. The van der Waals surface area contributed by atoms with Gasteiger partial charge in [0.25, 0.3) is 0 Å². The predicted octanol–water partition coefficient (Wildman–Crippen LogP) is 4.25. The Balaban J connectivity index is 1.22. The van der Waals surface area contributed by atoms with Crippen molar-refractivity contribution in [1.82, 2.24) is 15.5 Å². The van der Waals surface area contributed by atoms with E-state index in [9.17, 15) is 9.59 Å². The summed E-state index contributed by atoms with van der Waals surface area (Å²) in [6.07, 6.45) is 2.15. The van der Waals surface area contributed by atoms with Crippen molar-refractivity contribution in [2.75, 3.05) is 30.7 Å². The summed E-state index contributed by atoms with van der Waals surface area (Å²) in [5, 5.41) is 19.6. The second-order valence-corrected chi connectivity index (χ2v) is 10.6. The minimum Gasteiger partial charge on any atom is -0.354 e. The molecule has 3 amide bonds. The van der Waals surface area contributed by atoms with Gasteiger partial charge in [0.2, 0.25) is 5.91 Å². The molecule has 2 aromatic carbocycles. The second kappa shape index (κ2) is 10.9. The number of amides is 3. The highest BCUT2D eigenvalue weighted by molar-refractivity contribution is 8.01. The van der Waals surface area contributed by atoms with Crippen molar-refractivity contribution in [3.63, 3.8) is 0 Å². The van der Waals surface area contributed by atoms with Gasteiger partial charge < -0.3 is 15.5 Å². The number of hydrogen-bond acceptors (Lipinski definition) is 5. The lowest BCUT2D eigenvalue weighted by molar-refractivity contribution is -0.122. The van der Waals surface area contributed by atoms with E-state index in [4.69, 9.17) is 28.5 Å². The topological polar surface area (TPSA) is 97.3 Å². The molecule has 2 aliphatic rings. The number of anilines is 1. The Labute approximate surface area is 213 Å². The van der Waals surface area contributed by atoms with E-state index in [0.717, 1.165) is 18.4 Å². The summed E-state index contributed by atoms with van der Waals surface area (Å²) >= 11 is 13.9. The number of likely N-dealkylation sites (tertiary alicyclic amines) is 1. The van der Waals surface area contributed by atoms with Crippen molar-refractivity contribution in [3.8, 4) is 6.07 Å². The van der Waals surface area contributed by atoms with Crippen LogP contribution in [-0.2, 0) is 11.2 Å². The maximum Gasteiger partial charge on any atom is 0.321 e. The molecular formula is C24H25Cl2N5O2S. The molecule has 4 rings (SSSR count). The molecule has 2 aliphatic heterocycles. The third-order valence-electron chi connectivity index (χ3n) is 6.09. The van der Waals surface area contributed by atoms with E-state index in [1.807, 2.05) is 6.07 Å². The second-order valence-electron chi connectivity index (χ2n) is 8.39. The van der Waals surface area contributed by atoms with E-state index in [1.165, 1.54) is 0 Å². The van der Waals surface area contributed by atoms with Crippen molar-refractivity contribution in [2.45, 2.75) is 30.2 Å². The fraction of sp³-hybridized carbons (Fsp3) is 0.375. The van der Waals surface area contributed by atoms with E-state index in [2.05, 4.69) is 22.0 Å². The first-order chi connectivity index (χ1) is 16.4. The zero-order valence-electron chi connectivity index (χ0n) is 18.4. The number of hydrogen-bond donors (Lipinski definition) is 3. The molecule has 1 unspecified atom stereocenters. The van der Waals surface area contributed by atoms with Crippen LogP contribution in [-0.4, -0.2) is 53.1 Å². The quantitative estimate of drug-likeness (QED) is 0.550. The highest BCUT2D eigenvalue weighted by atomic mass is 35.5. The molecule has 10 heteroatoms. The highest BCUT2D eigenvalue weighted by Crippen LogP contribution is 2.39. The van der Waals surface area contributed by atoms with Gasteiger partial charge >= 0.3 is 6.03 Å². The highest BCUT2D eigenvalue weighted by Gasteiger charge is 2.44.